The van der Waals surface area contributed by atoms with Crippen molar-refractivity contribution in [3.63, 3.8) is 0 Å². The minimum absolute atomic E-state index is 0.112. The molecule has 0 unspecified atom stereocenters. The number of phenolic OH excluding ortho intramolecular Hbond substituents is 2. The van der Waals surface area contributed by atoms with E-state index < -0.39 is 0 Å². The molecule has 3 heteroatoms. The summed E-state index contributed by atoms with van der Waals surface area (Å²) in [7, 11) is 0. The number of fused-ring (bicyclic) bond motifs is 1. The van der Waals surface area contributed by atoms with E-state index in [2.05, 4.69) is 4.98 Å². The highest BCUT2D eigenvalue weighted by Gasteiger charge is 2.11. The molecule has 0 aliphatic heterocycles. The molecule has 1 heterocycles. The van der Waals surface area contributed by atoms with Gasteiger partial charge in [-0.2, -0.15) is 0 Å². The molecular weight excluding hydrogens is 190 g/mol. The third kappa shape index (κ3) is 1.31. The van der Waals surface area contributed by atoms with Crippen molar-refractivity contribution in [3.05, 3.63) is 29.1 Å². The summed E-state index contributed by atoms with van der Waals surface area (Å²) in [4.78, 5) is 4.20. The summed E-state index contributed by atoms with van der Waals surface area (Å²) in [5.41, 5.74) is 2.39. The molecule has 0 aliphatic carbocycles. The van der Waals surface area contributed by atoms with Crippen LogP contribution < -0.4 is 0 Å². The summed E-state index contributed by atoms with van der Waals surface area (Å²) in [6.07, 6.45) is 1.64. The van der Waals surface area contributed by atoms with E-state index in [-0.39, 0.29) is 11.5 Å². The molecule has 15 heavy (non-hydrogen) atoms. The van der Waals surface area contributed by atoms with Crippen LogP contribution in [0, 0.1) is 20.8 Å². The first-order valence-corrected chi connectivity index (χ1v) is 4.80. The molecule has 0 atom stereocenters. The molecule has 0 radical (unpaired) electrons. The maximum atomic E-state index is 9.85. The molecule has 1 aromatic heterocycles. The monoisotopic (exact) mass is 203 g/mol. The van der Waals surface area contributed by atoms with Gasteiger partial charge in [0, 0.05) is 22.8 Å². The van der Waals surface area contributed by atoms with E-state index >= 15 is 0 Å². The van der Waals surface area contributed by atoms with Crippen molar-refractivity contribution in [2.24, 2.45) is 0 Å². The van der Waals surface area contributed by atoms with Gasteiger partial charge in [-0.3, -0.25) is 4.98 Å². The van der Waals surface area contributed by atoms with Crippen molar-refractivity contribution < 1.29 is 10.2 Å². The Bertz CT molecular complexity index is 547. The van der Waals surface area contributed by atoms with E-state index in [0.29, 0.717) is 10.9 Å². The van der Waals surface area contributed by atoms with Crippen molar-refractivity contribution in [1.82, 2.24) is 4.98 Å². The lowest BCUT2D eigenvalue weighted by Crippen LogP contribution is -1.90. The number of aryl methyl sites for hydroxylation is 2. The van der Waals surface area contributed by atoms with Crippen LogP contribution in [0.1, 0.15) is 16.8 Å². The zero-order chi connectivity index (χ0) is 11.2. The van der Waals surface area contributed by atoms with Crippen LogP contribution in [0.25, 0.3) is 10.8 Å². The van der Waals surface area contributed by atoms with E-state index in [0.717, 1.165) is 16.6 Å². The number of pyridine rings is 1. The van der Waals surface area contributed by atoms with Crippen molar-refractivity contribution in [2.45, 2.75) is 20.8 Å². The SMILES string of the molecule is Cc1ncc2c(O)c(C)c(O)cc2c1C. The Morgan fingerprint density at radius 2 is 1.67 bits per heavy atom. The van der Waals surface area contributed by atoms with Gasteiger partial charge in [0.15, 0.2) is 0 Å². The smallest absolute Gasteiger partial charge is 0.131 e. The second-order valence-electron chi connectivity index (χ2n) is 3.80. The highest BCUT2D eigenvalue weighted by Crippen LogP contribution is 2.36. The molecule has 0 spiro atoms. The predicted molar refractivity (Wildman–Crippen MR) is 59.3 cm³/mol. The van der Waals surface area contributed by atoms with Gasteiger partial charge in [0.25, 0.3) is 0 Å². The van der Waals surface area contributed by atoms with E-state index in [4.69, 9.17) is 0 Å². The molecule has 0 bridgehead atoms. The fourth-order valence-electron chi connectivity index (χ4n) is 1.67. The molecule has 0 amide bonds. The van der Waals surface area contributed by atoms with E-state index in [1.165, 1.54) is 0 Å². The van der Waals surface area contributed by atoms with Gasteiger partial charge in [-0.1, -0.05) is 0 Å². The van der Waals surface area contributed by atoms with Crippen molar-refractivity contribution in [3.8, 4) is 11.5 Å². The molecule has 1 aromatic carbocycles. The number of rotatable bonds is 0. The standard InChI is InChI=1S/C12H13NO2/c1-6-8(3)13-5-10-9(6)4-11(14)7(2)12(10)15/h4-5,14-15H,1-3H3. The van der Waals surface area contributed by atoms with Crippen molar-refractivity contribution in [1.29, 1.82) is 0 Å². The normalized spacial score (nSPS) is 10.9. The largest absolute Gasteiger partial charge is 0.508 e. The second kappa shape index (κ2) is 3.12. The fraction of sp³-hybridized carbons (Fsp3) is 0.250. The minimum Gasteiger partial charge on any atom is -0.508 e. The van der Waals surface area contributed by atoms with Gasteiger partial charge in [0.1, 0.15) is 11.5 Å². The van der Waals surface area contributed by atoms with Crippen LogP contribution in [0.5, 0.6) is 11.5 Å². The van der Waals surface area contributed by atoms with Crippen LogP contribution in [0.2, 0.25) is 0 Å². The summed E-state index contributed by atoms with van der Waals surface area (Å²) < 4.78 is 0. The molecular formula is C12H13NO2. The number of hydrogen-bond donors (Lipinski definition) is 2. The maximum absolute atomic E-state index is 9.85. The zero-order valence-electron chi connectivity index (χ0n) is 9.00. The first-order chi connectivity index (χ1) is 7.02. The summed E-state index contributed by atoms with van der Waals surface area (Å²) >= 11 is 0. The highest BCUT2D eigenvalue weighted by molar-refractivity contribution is 5.93. The van der Waals surface area contributed by atoms with Gasteiger partial charge >= 0.3 is 0 Å². The molecule has 2 rings (SSSR count). The van der Waals surface area contributed by atoms with E-state index in [1.807, 2.05) is 13.8 Å². The molecule has 2 aromatic rings. The topological polar surface area (TPSA) is 53.4 Å². The number of aromatic hydroxyl groups is 2. The Labute approximate surface area is 88.0 Å². The van der Waals surface area contributed by atoms with Crippen molar-refractivity contribution >= 4 is 10.8 Å². The second-order valence-corrected chi connectivity index (χ2v) is 3.80. The number of hydrogen-bond acceptors (Lipinski definition) is 3. The van der Waals surface area contributed by atoms with Gasteiger partial charge in [-0.15, -0.1) is 0 Å². The summed E-state index contributed by atoms with van der Waals surface area (Å²) in [5.74, 6) is 0.231. The first kappa shape index (κ1) is 9.77. The van der Waals surface area contributed by atoms with Crippen LogP contribution in [0.15, 0.2) is 12.3 Å². The zero-order valence-corrected chi connectivity index (χ0v) is 9.00. The molecule has 0 saturated carbocycles. The van der Waals surface area contributed by atoms with Crippen LogP contribution >= 0.6 is 0 Å². The Hall–Kier alpha value is -1.77. The lowest BCUT2D eigenvalue weighted by atomic mass is 10.0. The molecule has 3 nitrogen and oxygen atoms in total. The highest BCUT2D eigenvalue weighted by atomic mass is 16.3. The third-order valence-electron chi connectivity index (χ3n) is 2.90. The third-order valence-corrected chi connectivity index (χ3v) is 2.90. The average molecular weight is 203 g/mol. The van der Waals surface area contributed by atoms with Crippen molar-refractivity contribution in [2.75, 3.05) is 0 Å². The summed E-state index contributed by atoms with van der Waals surface area (Å²) in [5, 5.41) is 21.0. The quantitative estimate of drug-likeness (QED) is 0.691. The first-order valence-electron chi connectivity index (χ1n) is 4.80. The summed E-state index contributed by atoms with van der Waals surface area (Å²) in [6.45, 7) is 5.51. The van der Waals surface area contributed by atoms with Crippen LogP contribution in [0.3, 0.4) is 0 Å². The maximum Gasteiger partial charge on any atom is 0.131 e. The van der Waals surface area contributed by atoms with E-state index in [9.17, 15) is 10.2 Å². The van der Waals surface area contributed by atoms with Gasteiger partial charge in [0.2, 0.25) is 0 Å². The molecule has 78 valence electrons. The van der Waals surface area contributed by atoms with Gasteiger partial charge in [-0.05, 0) is 37.8 Å². The fourth-order valence-corrected chi connectivity index (χ4v) is 1.67. The Morgan fingerprint density at radius 1 is 1.00 bits per heavy atom. The van der Waals surface area contributed by atoms with Gasteiger partial charge < -0.3 is 10.2 Å². The Balaban J connectivity index is 2.98. The minimum atomic E-state index is 0.112. The number of phenols is 2. The lowest BCUT2D eigenvalue weighted by Gasteiger charge is -2.09. The lowest BCUT2D eigenvalue weighted by molar-refractivity contribution is 0.448. The predicted octanol–water partition coefficient (Wildman–Crippen LogP) is 2.57. The molecule has 0 aliphatic rings. The van der Waals surface area contributed by atoms with Crippen LogP contribution in [-0.4, -0.2) is 15.2 Å². The van der Waals surface area contributed by atoms with Crippen LogP contribution in [0.4, 0.5) is 0 Å². The number of nitrogens with zero attached hydrogens (tertiary/aromatic N) is 1. The molecule has 0 saturated heterocycles. The van der Waals surface area contributed by atoms with Gasteiger partial charge in [0.05, 0.1) is 0 Å². The van der Waals surface area contributed by atoms with Gasteiger partial charge in [-0.25, -0.2) is 0 Å². The van der Waals surface area contributed by atoms with E-state index in [1.54, 1.807) is 19.2 Å². The number of aromatic nitrogens is 1. The summed E-state index contributed by atoms with van der Waals surface area (Å²) in [6, 6.07) is 1.67. The molecule has 2 N–H and O–H groups in total. The number of benzene rings is 1. The van der Waals surface area contributed by atoms with Crippen LogP contribution in [-0.2, 0) is 0 Å². The Morgan fingerprint density at radius 3 is 2.33 bits per heavy atom. The molecule has 0 fully saturated rings. The Kier molecular flexibility index (Phi) is 2.03. The average Bonchev–Trinajstić information content (AvgIpc) is 2.21.